The van der Waals surface area contributed by atoms with Gasteiger partial charge in [-0.25, -0.2) is 14.6 Å². The predicted octanol–water partition coefficient (Wildman–Crippen LogP) is 5.35. The summed E-state index contributed by atoms with van der Waals surface area (Å²) < 4.78 is 7.70. The Labute approximate surface area is 210 Å². The molecule has 36 heavy (non-hydrogen) atoms. The monoisotopic (exact) mass is 479 g/mol. The SMILES string of the molecule is C=CCNc1nc(Nc2ccc(-n3ncnc3C)c(OCC=C)c2)nc2c1CCC2c1ccccc1. The molecule has 0 fully saturated rings. The van der Waals surface area contributed by atoms with E-state index in [9.17, 15) is 0 Å². The lowest BCUT2D eigenvalue weighted by Crippen LogP contribution is -2.10. The molecular formula is C28H29N7O. The Kier molecular flexibility index (Phi) is 6.75. The van der Waals surface area contributed by atoms with E-state index in [-0.39, 0.29) is 5.92 Å². The van der Waals surface area contributed by atoms with Gasteiger partial charge in [-0.05, 0) is 37.5 Å². The summed E-state index contributed by atoms with van der Waals surface area (Å²) in [6, 6.07) is 16.3. The smallest absolute Gasteiger partial charge is 0.229 e. The molecule has 1 unspecified atom stereocenters. The maximum atomic E-state index is 5.96. The average molecular weight is 480 g/mol. The molecule has 1 atom stereocenters. The van der Waals surface area contributed by atoms with Gasteiger partial charge in [-0.3, -0.25) is 0 Å². The first-order chi connectivity index (χ1) is 17.7. The van der Waals surface area contributed by atoms with Crippen LogP contribution in [-0.2, 0) is 6.42 Å². The fourth-order valence-corrected chi connectivity index (χ4v) is 4.54. The number of anilines is 3. The summed E-state index contributed by atoms with van der Waals surface area (Å²) in [5, 5.41) is 11.1. The zero-order valence-corrected chi connectivity index (χ0v) is 20.3. The fourth-order valence-electron chi connectivity index (χ4n) is 4.54. The number of fused-ring (bicyclic) bond motifs is 1. The highest BCUT2D eigenvalue weighted by atomic mass is 16.5. The van der Waals surface area contributed by atoms with Gasteiger partial charge in [0.25, 0.3) is 0 Å². The van der Waals surface area contributed by atoms with Crippen LogP contribution in [0.3, 0.4) is 0 Å². The quantitative estimate of drug-likeness (QED) is 0.296. The molecule has 5 rings (SSSR count). The van der Waals surface area contributed by atoms with Crippen LogP contribution in [0, 0.1) is 6.92 Å². The predicted molar refractivity (Wildman–Crippen MR) is 142 cm³/mol. The van der Waals surface area contributed by atoms with E-state index in [1.807, 2.05) is 37.3 Å². The molecule has 8 heteroatoms. The summed E-state index contributed by atoms with van der Waals surface area (Å²) in [5.74, 6) is 3.03. The summed E-state index contributed by atoms with van der Waals surface area (Å²) >= 11 is 0. The van der Waals surface area contributed by atoms with Crippen LogP contribution in [0.25, 0.3) is 5.69 Å². The van der Waals surface area contributed by atoms with Gasteiger partial charge in [0.15, 0.2) is 0 Å². The highest BCUT2D eigenvalue weighted by Gasteiger charge is 2.29. The molecule has 4 aromatic rings. The van der Waals surface area contributed by atoms with Crippen molar-refractivity contribution in [1.29, 1.82) is 0 Å². The van der Waals surface area contributed by atoms with Gasteiger partial charge in [0.05, 0.1) is 5.69 Å². The van der Waals surface area contributed by atoms with Gasteiger partial charge in [0, 0.05) is 29.8 Å². The second kappa shape index (κ2) is 10.4. The van der Waals surface area contributed by atoms with Gasteiger partial charge in [-0.15, -0.1) is 6.58 Å². The molecular weight excluding hydrogens is 450 g/mol. The zero-order chi connectivity index (χ0) is 24.9. The largest absolute Gasteiger partial charge is 0.487 e. The fraction of sp³-hybridized carbons (Fsp3) is 0.214. The molecule has 0 saturated carbocycles. The highest BCUT2D eigenvalue weighted by molar-refractivity contribution is 5.64. The molecule has 0 amide bonds. The molecule has 2 aromatic carbocycles. The molecule has 0 saturated heterocycles. The standard InChI is InChI=1S/C28H29N7O/c1-4-15-29-27-23-13-12-22(20-9-7-6-8-10-20)26(23)33-28(34-27)32-21-11-14-24(25(17-21)36-16-5-2)35-19(3)30-18-31-35/h4-11,14,17-18,22H,1-2,12-13,15-16H2,3H3,(H2,29,32,33,34). The number of aromatic nitrogens is 5. The number of nitrogens with zero attached hydrogens (tertiary/aromatic N) is 5. The third kappa shape index (κ3) is 4.70. The van der Waals surface area contributed by atoms with Crippen molar-refractivity contribution in [3.8, 4) is 11.4 Å². The minimum Gasteiger partial charge on any atom is -0.487 e. The Morgan fingerprint density at radius 1 is 1.11 bits per heavy atom. The first kappa shape index (κ1) is 23.3. The van der Waals surface area contributed by atoms with Crippen LogP contribution in [0.1, 0.15) is 35.0 Å². The first-order valence-corrected chi connectivity index (χ1v) is 12.0. The lowest BCUT2D eigenvalue weighted by molar-refractivity contribution is 0.361. The average Bonchev–Trinajstić information content (AvgIpc) is 3.53. The molecule has 0 aliphatic heterocycles. The Morgan fingerprint density at radius 3 is 2.72 bits per heavy atom. The number of nitrogens with one attached hydrogen (secondary N) is 2. The van der Waals surface area contributed by atoms with E-state index >= 15 is 0 Å². The van der Waals surface area contributed by atoms with Gasteiger partial charge >= 0.3 is 0 Å². The minimum atomic E-state index is 0.234. The van der Waals surface area contributed by atoms with Crippen molar-refractivity contribution < 1.29 is 4.74 Å². The first-order valence-electron chi connectivity index (χ1n) is 12.0. The number of aryl methyl sites for hydroxylation is 1. The maximum absolute atomic E-state index is 5.96. The Bertz CT molecular complexity index is 1380. The van der Waals surface area contributed by atoms with E-state index in [1.165, 1.54) is 17.5 Å². The second-order valence-corrected chi connectivity index (χ2v) is 8.56. The van der Waals surface area contributed by atoms with Gasteiger partial charge in [0.2, 0.25) is 5.95 Å². The minimum absolute atomic E-state index is 0.234. The van der Waals surface area contributed by atoms with Crippen molar-refractivity contribution in [2.45, 2.75) is 25.7 Å². The van der Waals surface area contributed by atoms with Crippen LogP contribution in [0.4, 0.5) is 17.5 Å². The topological polar surface area (TPSA) is 89.8 Å². The molecule has 1 aliphatic rings. The molecule has 182 valence electrons. The van der Waals surface area contributed by atoms with E-state index in [0.29, 0.717) is 24.8 Å². The van der Waals surface area contributed by atoms with E-state index in [1.54, 1.807) is 10.8 Å². The second-order valence-electron chi connectivity index (χ2n) is 8.56. The van der Waals surface area contributed by atoms with E-state index in [0.717, 1.165) is 41.6 Å². The van der Waals surface area contributed by atoms with Gasteiger partial charge in [-0.1, -0.05) is 49.1 Å². The summed E-state index contributed by atoms with van der Waals surface area (Å²) in [6.45, 7) is 10.5. The summed E-state index contributed by atoms with van der Waals surface area (Å²) in [7, 11) is 0. The maximum Gasteiger partial charge on any atom is 0.229 e. The summed E-state index contributed by atoms with van der Waals surface area (Å²) in [4.78, 5) is 14.0. The van der Waals surface area contributed by atoms with Crippen LogP contribution in [0.5, 0.6) is 5.75 Å². The van der Waals surface area contributed by atoms with Crippen molar-refractivity contribution in [2.24, 2.45) is 0 Å². The third-order valence-electron chi connectivity index (χ3n) is 6.19. The van der Waals surface area contributed by atoms with Gasteiger partial charge in [0.1, 0.15) is 36.0 Å². The number of hydrogen-bond donors (Lipinski definition) is 2. The number of hydrogen-bond acceptors (Lipinski definition) is 7. The normalized spacial score (nSPS) is 14.2. The number of benzene rings is 2. The molecule has 8 nitrogen and oxygen atoms in total. The lowest BCUT2D eigenvalue weighted by Gasteiger charge is -2.17. The van der Waals surface area contributed by atoms with Crippen molar-refractivity contribution in [1.82, 2.24) is 24.7 Å². The molecule has 0 bridgehead atoms. The van der Waals surface area contributed by atoms with Crippen LogP contribution >= 0.6 is 0 Å². The zero-order valence-electron chi connectivity index (χ0n) is 20.3. The number of ether oxygens (including phenoxy) is 1. The van der Waals surface area contributed by atoms with E-state index in [2.05, 4.69) is 58.1 Å². The van der Waals surface area contributed by atoms with E-state index < -0.39 is 0 Å². The van der Waals surface area contributed by atoms with Crippen molar-refractivity contribution in [3.05, 3.63) is 103 Å². The van der Waals surface area contributed by atoms with Gasteiger partial charge < -0.3 is 15.4 Å². The van der Waals surface area contributed by atoms with Crippen LogP contribution < -0.4 is 15.4 Å². The molecule has 1 aliphatic carbocycles. The molecule has 2 N–H and O–H groups in total. The van der Waals surface area contributed by atoms with Gasteiger partial charge in [-0.2, -0.15) is 10.1 Å². The van der Waals surface area contributed by atoms with E-state index in [4.69, 9.17) is 14.7 Å². The molecule has 2 aromatic heterocycles. The van der Waals surface area contributed by atoms with Crippen LogP contribution in [0.15, 0.2) is 80.2 Å². The number of rotatable bonds is 10. The summed E-state index contributed by atoms with van der Waals surface area (Å²) in [6.07, 6.45) is 7.01. The summed E-state index contributed by atoms with van der Waals surface area (Å²) in [5.41, 5.74) is 5.10. The third-order valence-corrected chi connectivity index (χ3v) is 6.19. The molecule has 0 radical (unpaired) electrons. The van der Waals surface area contributed by atoms with Crippen molar-refractivity contribution >= 4 is 17.5 Å². The van der Waals surface area contributed by atoms with Crippen molar-refractivity contribution in [2.75, 3.05) is 23.8 Å². The Balaban J connectivity index is 1.51. The Hall–Kier alpha value is -4.46. The van der Waals surface area contributed by atoms with Crippen LogP contribution in [-0.4, -0.2) is 37.9 Å². The van der Waals surface area contributed by atoms with Crippen LogP contribution in [0.2, 0.25) is 0 Å². The molecule has 2 heterocycles. The van der Waals surface area contributed by atoms with Crippen molar-refractivity contribution in [3.63, 3.8) is 0 Å². The Morgan fingerprint density at radius 2 is 1.97 bits per heavy atom. The molecule has 0 spiro atoms. The highest BCUT2D eigenvalue weighted by Crippen LogP contribution is 2.40. The lowest BCUT2D eigenvalue weighted by atomic mass is 9.97.